The van der Waals surface area contributed by atoms with Crippen molar-refractivity contribution in [1.82, 2.24) is 4.98 Å². The second kappa shape index (κ2) is 6.29. The molecule has 112 valence electrons. The first-order valence-electron chi connectivity index (χ1n) is 6.63. The molecule has 6 heteroatoms. The van der Waals surface area contributed by atoms with Crippen molar-refractivity contribution in [3.05, 3.63) is 51.5 Å². The minimum absolute atomic E-state index is 0.132. The number of aryl methyl sites for hydroxylation is 1. The van der Waals surface area contributed by atoms with Gasteiger partial charge < -0.3 is 4.74 Å². The quantitative estimate of drug-likeness (QED) is 0.769. The van der Waals surface area contributed by atoms with Gasteiger partial charge in [0, 0.05) is 10.9 Å². The Morgan fingerprint density at radius 3 is 2.86 bits per heavy atom. The van der Waals surface area contributed by atoms with E-state index in [0.29, 0.717) is 10.0 Å². The first-order valence-corrected chi connectivity index (χ1v) is 8.38. The molecule has 0 aliphatic carbocycles. The monoisotopic (exact) mass is 330 g/mol. The van der Waals surface area contributed by atoms with Gasteiger partial charge in [-0.05, 0) is 30.5 Å². The Balaban J connectivity index is 1.85. The van der Waals surface area contributed by atoms with Crippen LogP contribution in [0.15, 0.2) is 41.1 Å². The highest BCUT2D eigenvalue weighted by Crippen LogP contribution is 2.33. The Kier molecular flexibility index (Phi) is 4.22. The molecule has 0 unspecified atom stereocenters. The Morgan fingerprint density at radius 1 is 1.27 bits per heavy atom. The third-order valence-electron chi connectivity index (χ3n) is 3.10. The molecule has 0 aliphatic heterocycles. The number of nitrogens with one attached hydrogen (secondary N) is 1. The topological polar surface area (TPSA) is 51.2 Å². The zero-order valence-corrected chi connectivity index (χ0v) is 13.8. The Bertz CT molecular complexity index is 794. The SMILES string of the molecule is COc1ccc(C)cc1-c1csc(NC(=O)c2cccs2)n1. The van der Waals surface area contributed by atoms with Gasteiger partial charge in [-0.3, -0.25) is 10.1 Å². The number of rotatable bonds is 4. The molecule has 4 nitrogen and oxygen atoms in total. The zero-order chi connectivity index (χ0) is 15.5. The van der Waals surface area contributed by atoms with Crippen LogP contribution in [0.25, 0.3) is 11.3 Å². The number of carbonyl (C=O) groups excluding carboxylic acids is 1. The van der Waals surface area contributed by atoms with Crippen LogP contribution >= 0.6 is 22.7 Å². The molecule has 0 radical (unpaired) electrons. The molecule has 1 amide bonds. The van der Waals surface area contributed by atoms with Gasteiger partial charge in [0.15, 0.2) is 5.13 Å². The average molecular weight is 330 g/mol. The lowest BCUT2D eigenvalue weighted by Gasteiger charge is -2.07. The van der Waals surface area contributed by atoms with E-state index in [0.717, 1.165) is 22.6 Å². The Morgan fingerprint density at radius 2 is 2.14 bits per heavy atom. The average Bonchev–Trinajstić information content (AvgIpc) is 3.18. The minimum Gasteiger partial charge on any atom is -0.496 e. The van der Waals surface area contributed by atoms with Gasteiger partial charge in [-0.25, -0.2) is 4.98 Å². The van der Waals surface area contributed by atoms with Crippen molar-refractivity contribution in [1.29, 1.82) is 0 Å². The third kappa shape index (κ3) is 3.03. The molecule has 1 aromatic carbocycles. The predicted molar refractivity (Wildman–Crippen MR) is 91.1 cm³/mol. The number of aromatic nitrogens is 1. The van der Waals surface area contributed by atoms with E-state index in [9.17, 15) is 4.79 Å². The van der Waals surface area contributed by atoms with Crippen LogP contribution in [0.5, 0.6) is 5.75 Å². The smallest absolute Gasteiger partial charge is 0.267 e. The molecule has 3 aromatic rings. The maximum Gasteiger partial charge on any atom is 0.267 e. The molecule has 0 saturated carbocycles. The fourth-order valence-electron chi connectivity index (χ4n) is 2.04. The number of hydrogen-bond donors (Lipinski definition) is 1. The summed E-state index contributed by atoms with van der Waals surface area (Å²) < 4.78 is 5.38. The molecule has 0 saturated heterocycles. The molecular weight excluding hydrogens is 316 g/mol. The molecular formula is C16H14N2O2S2. The summed E-state index contributed by atoms with van der Waals surface area (Å²) >= 11 is 2.81. The molecule has 0 atom stereocenters. The predicted octanol–water partition coefficient (Wildman–Crippen LogP) is 4.44. The van der Waals surface area contributed by atoms with Gasteiger partial charge in [0.2, 0.25) is 0 Å². The highest BCUT2D eigenvalue weighted by atomic mass is 32.1. The summed E-state index contributed by atoms with van der Waals surface area (Å²) in [6.07, 6.45) is 0. The number of thiazole rings is 1. The van der Waals surface area contributed by atoms with Gasteiger partial charge in [0.1, 0.15) is 5.75 Å². The number of nitrogens with zero attached hydrogens (tertiary/aromatic N) is 1. The fourth-order valence-corrected chi connectivity index (χ4v) is 3.37. The van der Waals surface area contributed by atoms with Gasteiger partial charge in [-0.2, -0.15) is 0 Å². The van der Waals surface area contributed by atoms with Crippen molar-refractivity contribution in [2.75, 3.05) is 12.4 Å². The zero-order valence-electron chi connectivity index (χ0n) is 12.1. The van der Waals surface area contributed by atoms with E-state index in [1.165, 1.54) is 22.7 Å². The number of hydrogen-bond acceptors (Lipinski definition) is 5. The number of carbonyl (C=O) groups is 1. The van der Waals surface area contributed by atoms with Gasteiger partial charge in [0.25, 0.3) is 5.91 Å². The van der Waals surface area contributed by atoms with Gasteiger partial charge in [0.05, 0.1) is 17.7 Å². The summed E-state index contributed by atoms with van der Waals surface area (Å²) in [5, 5.41) is 7.20. The van der Waals surface area contributed by atoms with E-state index in [1.807, 2.05) is 41.9 Å². The Hall–Kier alpha value is -2.18. The third-order valence-corrected chi connectivity index (χ3v) is 4.73. The normalized spacial score (nSPS) is 10.5. The summed E-state index contributed by atoms with van der Waals surface area (Å²) in [6.45, 7) is 2.02. The molecule has 0 spiro atoms. The van der Waals surface area contributed by atoms with E-state index in [4.69, 9.17) is 4.74 Å². The van der Waals surface area contributed by atoms with E-state index in [-0.39, 0.29) is 5.91 Å². The number of ether oxygens (including phenoxy) is 1. The van der Waals surface area contributed by atoms with Crippen LogP contribution in [0.3, 0.4) is 0 Å². The summed E-state index contributed by atoms with van der Waals surface area (Å²) in [7, 11) is 1.64. The summed E-state index contributed by atoms with van der Waals surface area (Å²) in [5.74, 6) is 0.638. The van der Waals surface area contributed by atoms with Crippen molar-refractivity contribution >= 4 is 33.7 Å². The largest absolute Gasteiger partial charge is 0.496 e. The van der Waals surface area contributed by atoms with Crippen LogP contribution in [0, 0.1) is 6.92 Å². The molecule has 3 rings (SSSR count). The lowest BCUT2D eigenvalue weighted by atomic mass is 10.1. The molecule has 2 heterocycles. The molecule has 1 N–H and O–H groups in total. The number of amides is 1. The lowest BCUT2D eigenvalue weighted by molar-refractivity contribution is 0.103. The first kappa shape index (κ1) is 14.7. The maximum absolute atomic E-state index is 12.0. The highest BCUT2D eigenvalue weighted by Gasteiger charge is 2.13. The first-order chi connectivity index (χ1) is 10.7. The van der Waals surface area contributed by atoms with Crippen LogP contribution in [0.4, 0.5) is 5.13 Å². The van der Waals surface area contributed by atoms with E-state index in [1.54, 1.807) is 13.2 Å². The van der Waals surface area contributed by atoms with Gasteiger partial charge in [-0.15, -0.1) is 22.7 Å². The second-order valence-electron chi connectivity index (χ2n) is 4.67. The van der Waals surface area contributed by atoms with Crippen LogP contribution in [-0.4, -0.2) is 18.0 Å². The number of methoxy groups -OCH3 is 1. The van der Waals surface area contributed by atoms with Crippen LogP contribution in [0.2, 0.25) is 0 Å². The molecule has 0 bridgehead atoms. The van der Waals surface area contributed by atoms with Gasteiger partial charge in [-0.1, -0.05) is 17.7 Å². The van der Waals surface area contributed by atoms with Crippen LogP contribution < -0.4 is 10.1 Å². The number of benzene rings is 1. The standard InChI is InChI=1S/C16H14N2O2S2/c1-10-5-6-13(20-2)11(8-10)12-9-22-16(17-12)18-15(19)14-4-3-7-21-14/h3-9H,1-2H3,(H,17,18,19). The van der Waals surface area contributed by atoms with E-state index < -0.39 is 0 Å². The van der Waals surface area contributed by atoms with E-state index >= 15 is 0 Å². The fraction of sp³-hybridized carbons (Fsp3) is 0.125. The molecule has 0 fully saturated rings. The van der Waals surface area contributed by atoms with Crippen molar-refractivity contribution in [2.24, 2.45) is 0 Å². The Labute approximate surface area is 136 Å². The van der Waals surface area contributed by atoms with E-state index in [2.05, 4.69) is 10.3 Å². The highest BCUT2D eigenvalue weighted by molar-refractivity contribution is 7.14. The number of anilines is 1. The number of thiophene rings is 1. The second-order valence-corrected chi connectivity index (χ2v) is 6.48. The van der Waals surface area contributed by atoms with Gasteiger partial charge >= 0.3 is 0 Å². The van der Waals surface area contributed by atoms with Crippen molar-refractivity contribution in [2.45, 2.75) is 6.92 Å². The van der Waals surface area contributed by atoms with Crippen LogP contribution in [-0.2, 0) is 0 Å². The van der Waals surface area contributed by atoms with Crippen LogP contribution in [0.1, 0.15) is 15.2 Å². The molecule has 22 heavy (non-hydrogen) atoms. The summed E-state index contributed by atoms with van der Waals surface area (Å²) in [6, 6.07) is 9.59. The van der Waals surface area contributed by atoms with Crippen molar-refractivity contribution in [3.63, 3.8) is 0 Å². The summed E-state index contributed by atoms with van der Waals surface area (Å²) in [4.78, 5) is 17.2. The lowest BCUT2D eigenvalue weighted by Crippen LogP contribution is -2.09. The summed E-state index contributed by atoms with van der Waals surface area (Å²) in [5.41, 5.74) is 2.86. The molecule has 0 aliphatic rings. The maximum atomic E-state index is 12.0. The van der Waals surface area contributed by atoms with Crippen molar-refractivity contribution in [3.8, 4) is 17.0 Å². The minimum atomic E-state index is -0.132. The molecule has 2 aromatic heterocycles. The van der Waals surface area contributed by atoms with Crippen molar-refractivity contribution < 1.29 is 9.53 Å².